The van der Waals surface area contributed by atoms with Crippen LogP contribution >= 0.6 is 0 Å². The second-order valence-corrected chi connectivity index (χ2v) is 8.03. The molecule has 1 aromatic rings. The fourth-order valence-corrected chi connectivity index (χ4v) is 3.32. The third-order valence-electron chi connectivity index (χ3n) is 5.19. The van der Waals surface area contributed by atoms with Crippen molar-refractivity contribution in [2.24, 2.45) is 5.92 Å². The number of carbonyl (C=O) groups is 2. The zero-order valence-electron chi connectivity index (χ0n) is 16.8. The molecule has 1 N–H and O–H groups in total. The first-order valence-electron chi connectivity index (χ1n) is 9.71. The number of hydrogen-bond donors (Lipinski definition) is 1. The van der Waals surface area contributed by atoms with Gasteiger partial charge in [-0.3, -0.25) is 4.79 Å². The van der Waals surface area contributed by atoms with E-state index < -0.39 is 0 Å². The van der Waals surface area contributed by atoms with Crippen molar-refractivity contribution in [3.63, 3.8) is 0 Å². The van der Waals surface area contributed by atoms with Crippen LogP contribution in [0.5, 0.6) is 0 Å². The van der Waals surface area contributed by atoms with Crippen LogP contribution < -0.4 is 5.32 Å². The second-order valence-electron chi connectivity index (χ2n) is 8.03. The number of carbonyl (C=O) groups excluding carboxylic acids is 2. The topological polar surface area (TPSA) is 52.7 Å². The van der Waals surface area contributed by atoms with Gasteiger partial charge in [0.2, 0.25) is 5.91 Å². The molecule has 5 nitrogen and oxygen atoms in total. The summed E-state index contributed by atoms with van der Waals surface area (Å²) in [5, 5.41) is 3.03. The quantitative estimate of drug-likeness (QED) is 0.880. The summed E-state index contributed by atoms with van der Waals surface area (Å²) in [5.41, 5.74) is 2.19. The van der Waals surface area contributed by atoms with E-state index in [2.05, 4.69) is 38.2 Å². The highest BCUT2D eigenvalue weighted by atomic mass is 16.2. The summed E-state index contributed by atoms with van der Waals surface area (Å²) < 4.78 is 0. The van der Waals surface area contributed by atoms with Crippen molar-refractivity contribution >= 4 is 17.6 Å². The fourth-order valence-electron chi connectivity index (χ4n) is 3.32. The molecule has 26 heavy (non-hydrogen) atoms. The van der Waals surface area contributed by atoms with Gasteiger partial charge in [0.05, 0.1) is 0 Å². The fraction of sp³-hybridized carbons (Fsp3) is 0.619. The molecule has 0 bridgehead atoms. The van der Waals surface area contributed by atoms with E-state index in [0.717, 1.165) is 31.6 Å². The van der Waals surface area contributed by atoms with Gasteiger partial charge >= 0.3 is 6.03 Å². The summed E-state index contributed by atoms with van der Waals surface area (Å²) >= 11 is 0. The highest BCUT2D eigenvalue weighted by Crippen LogP contribution is 2.25. The molecule has 1 aromatic carbocycles. The van der Waals surface area contributed by atoms with Gasteiger partial charge in [0.1, 0.15) is 0 Å². The molecular formula is C21H33N3O2. The number of nitrogens with zero attached hydrogens (tertiary/aromatic N) is 2. The first-order valence-corrected chi connectivity index (χ1v) is 9.71. The zero-order valence-corrected chi connectivity index (χ0v) is 16.8. The van der Waals surface area contributed by atoms with Crippen LogP contribution in [0.25, 0.3) is 0 Å². The SMILES string of the molecule is CCN(CC)C(=O)N1CCC(C(=O)Nc2ccc(C(C)(C)C)cc2)CC1. The highest BCUT2D eigenvalue weighted by Gasteiger charge is 2.29. The first-order chi connectivity index (χ1) is 12.3. The molecule has 0 aromatic heterocycles. The molecule has 0 aliphatic carbocycles. The van der Waals surface area contributed by atoms with E-state index in [1.165, 1.54) is 5.56 Å². The number of rotatable bonds is 4. The number of anilines is 1. The molecule has 1 aliphatic heterocycles. The maximum atomic E-state index is 12.5. The van der Waals surface area contributed by atoms with Gasteiger partial charge in [0, 0.05) is 37.8 Å². The Bertz CT molecular complexity index is 607. The number of amides is 3. The molecule has 1 fully saturated rings. The van der Waals surface area contributed by atoms with E-state index in [4.69, 9.17) is 0 Å². The Kier molecular flexibility index (Phi) is 6.68. The van der Waals surface area contributed by atoms with Crippen molar-refractivity contribution in [1.82, 2.24) is 9.80 Å². The summed E-state index contributed by atoms with van der Waals surface area (Å²) in [4.78, 5) is 28.6. The van der Waals surface area contributed by atoms with Crippen molar-refractivity contribution in [3.8, 4) is 0 Å². The van der Waals surface area contributed by atoms with E-state index in [1.54, 1.807) is 0 Å². The van der Waals surface area contributed by atoms with Crippen LogP contribution in [-0.4, -0.2) is 47.9 Å². The van der Waals surface area contributed by atoms with Crippen LogP contribution in [0.15, 0.2) is 24.3 Å². The number of likely N-dealkylation sites (tertiary alicyclic amines) is 1. The maximum Gasteiger partial charge on any atom is 0.319 e. The summed E-state index contributed by atoms with van der Waals surface area (Å²) in [5.74, 6) is 0.0292. The minimum absolute atomic E-state index is 0.0296. The third kappa shape index (κ3) is 4.99. The number of urea groups is 1. The van der Waals surface area contributed by atoms with Crippen LogP contribution in [0.2, 0.25) is 0 Å². The van der Waals surface area contributed by atoms with E-state index in [0.29, 0.717) is 13.1 Å². The zero-order chi connectivity index (χ0) is 19.3. The lowest BCUT2D eigenvalue weighted by Gasteiger charge is -2.34. The summed E-state index contributed by atoms with van der Waals surface area (Å²) in [6, 6.07) is 8.17. The maximum absolute atomic E-state index is 12.5. The smallest absolute Gasteiger partial charge is 0.319 e. The summed E-state index contributed by atoms with van der Waals surface area (Å²) in [7, 11) is 0. The lowest BCUT2D eigenvalue weighted by molar-refractivity contribution is -0.121. The van der Waals surface area contributed by atoms with Gasteiger partial charge in [-0.25, -0.2) is 4.79 Å². The van der Waals surface area contributed by atoms with Crippen LogP contribution in [0.3, 0.4) is 0 Å². The monoisotopic (exact) mass is 359 g/mol. The molecule has 5 heteroatoms. The van der Waals surface area contributed by atoms with Gasteiger partial charge in [0.15, 0.2) is 0 Å². The van der Waals surface area contributed by atoms with Crippen LogP contribution in [0.1, 0.15) is 53.0 Å². The van der Waals surface area contributed by atoms with Gasteiger partial charge in [0.25, 0.3) is 0 Å². The molecule has 1 saturated heterocycles. The standard InChI is InChI=1S/C21H33N3O2/c1-6-23(7-2)20(26)24-14-12-16(13-15-24)19(25)22-18-10-8-17(9-11-18)21(3,4)5/h8-11,16H,6-7,12-15H2,1-5H3,(H,22,25). The number of nitrogens with one attached hydrogen (secondary N) is 1. The van der Waals surface area contributed by atoms with Crippen molar-refractivity contribution in [3.05, 3.63) is 29.8 Å². The minimum Gasteiger partial charge on any atom is -0.326 e. The van der Waals surface area contributed by atoms with Crippen molar-refractivity contribution in [1.29, 1.82) is 0 Å². The molecule has 0 radical (unpaired) electrons. The predicted octanol–water partition coefficient (Wildman–Crippen LogP) is 4.10. The van der Waals surface area contributed by atoms with Crippen molar-refractivity contribution in [2.75, 3.05) is 31.5 Å². The molecule has 1 aliphatic rings. The highest BCUT2D eigenvalue weighted by molar-refractivity contribution is 5.92. The van der Waals surface area contributed by atoms with E-state index in [-0.39, 0.29) is 23.3 Å². The second kappa shape index (κ2) is 8.56. The van der Waals surface area contributed by atoms with E-state index in [1.807, 2.05) is 35.8 Å². The Morgan fingerprint density at radius 1 is 1.08 bits per heavy atom. The molecule has 1 heterocycles. The van der Waals surface area contributed by atoms with Crippen molar-refractivity contribution < 1.29 is 9.59 Å². The number of piperidine rings is 1. The van der Waals surface area contributed by atoms with Gasteiger partial charge in [-0.15, -0.1) is 0 Å². The molecule has 0 unspecified atom stereocenters. The largest absolute Gasteiger partial charge is 0.326 e. The molecule has 2 rings (SSSR count). The molecule has 0 atom stereocenters. The Morgan fingerprint density at radius 3 is 2.08 bits per heavy atom. The normalized spacial score (nSPS) is 15.7. The average Bonchev–Trinajstić information content (AvgIpc) is 2.62. The molecule has 144 valence electrons. The summed E-state index contributed by atoms with van der Waals surface area (Å²) in [6.07, 6.45) is 1.44. The molecule has 0 saturated carbocycles. The lowest BCUT2D eigenvalue weighted by Crippen LogP contribution is -2.47. The number of benzene rings is 1. The molecule has 3 amide bonds. The Hall–Kier alpha value is -2.04. The van der Waals surface area contributed by atoms with Gasteiger partial charge in [-0.05, 0) is 49.8 Å². The molecular weight excluding hydrogens is 326 g/mol. The predicted molar refractivity (Wildman–Crippen MR) is 106 cm³/mol. The Morgan fingerprint density at radius 2 is 1.62 bits per heavy atom. The summed E-state index contributed by atoms with van der Waals surface area (Å²) in [6.45, 7) is 13.3. The van der Waals surface area contributed by atoms with Gasteiger partial charge < -0.3 is 15.1 Å². The van der Waals surface area contributed by atoms with Gasteiger partial charge in [-0.1, -0.05) is 32.9 Å². The van der Waals surface area contributed by atoms with Gasteiger partial charge in [-0.2, -0.15) is 0 Å². The first kappa shape index (κ1) is 20.3. The third-order valence-corrected chi connectivity index (χ3v) is 5.19. The van der Waals surface area contributed by atoms with Crippen LogP contribution in [0, 0.1) is 5.92 Å². The van der Waals surface area contributed by atoms with Crippen LogP contribution in [-0.2, 0) is 10.2 Å². The Labute approximate surface area is 157 Å². The average molecular weight is 360 g/mol. The van der Waals surface area contributed by atoms with E-state index in [9.17, 15) is 9.59 Å². The minimum atomic E-state index is -0.0296. The number of hydrogen-bond acceptors (Lipinski definition) is 2. The van der Waals surface area contributed by atoms with Crippen molar-refractivity contribution in [2.45, 2.75) is 52.9 Å². The lowest BCUT2D eigenvalue weighted by atomic mass is 9.87. The molecule has 0 spiro atoms. The van der Waals surface area contributed by atoms with Crippen LogP contribution in [0.4, 0.5) is 10.5 Å². The van der Waals surface area contributed by atoms with E-state index >= 15 is 0 Å². The Balaban J connectivity index is 1.87.